The average Bonchev–Trinajstić information content (AvgIpc) is 2.30. The Morgan fingerprint density at radius 1 is 1.22 bits per heavy atom. The van der Waals surface area contributed by atoms with Crippen LogP contribution in [0.2, 0.25) is 0 Å². The number of benzene rings is 1. The molecule has 1 N–H and O–H groups in total. The van der Waals surface area contributed by atoms with E-state index in [-0.39, 0.29) is 5.75 Å². The van der Waals surface area contributed by atoms with Gasteiger partial charge < -0.3 is 10.1 Å². The summed E-state index contributed by atoms with van der Waals surface area (Å²) < 4.78 is 31.5. The lowest BCUT2D eigenvalue weighted by Gasteiger charge is -2.10. The van der Waals surface area contributed by atoms with Crippen LogP contribution in [0.25, 0.3) is 0 Å². The minimum absolute atomic E-state index is 0.109. The summed E-state index contributed by atoms with van der Waals surface area (Å²) >= 11 is 0. The average molecular weight is 250 g/mol. The first-order valence-corrected chi connectivity index (χ1v) is 5.40. The van der Waals surface area contributed by atoms with Gasteiger partial charge in [-0.1, -0.05) is 0 Å². The molecule has 0 bridgehead atoms. The number of nitrogens with one attached hydrogen (secondary N) is 1. The van der Waals surface area contributed by atoms with E-state index >= 15 is 0 Å². The number of rotatable bonds is 4. The van der Waals surface area contributed by atoms with Crippen molar-refractivity contribution in [2.45, 2.75) is 6.54 Å². The van der Waals surface area contributed by atoms with Crippen LogP contribution in [0.4, 0.5) is 8.78 Å². The highest BCUT2D eigenvalue weighted by Crippen LogP contribution is 2.25. The highest BCUT2D eigenvalue weighted by molar-refractivity contribution is 5.35. The first-order valence-electron chi connectivity index (χ1n) is 5.40. The van der Waals surface area contributed by atoms with Crippen molar-refractivity contribution in [3.8, 4) is 11.5 Å². The fourth-order valence-electron chi connectivity index (χ4n) is 1.55. The molecule has 5 heteroatoms. The zero-order valence-corrected chi connectivity index (χ0v) is 9.78. The molecule has 0 saturated carbocycles. The van der Waals surface area contributed by atoms with E-state index in [1.54, 1.807) is 19.3 Å². The molecule has 0 atom stereocenters. The van der Waals surface area contributed by atoms with E-state index in [0.29, 0.717) is 12.3 Å². The van der Waals surface area contributed by atoms with E-state index in [0.717, 1.165) is 23.8 Å². The molecule has 0 amide bonds. The van der Waals surface area contributed by atoms with Crippen molar-refractivity contribution in [3.63, 3.8) is 0 Å². The van der Waals surface area contributed by atoms with Gasteiger partial charge >= 0.3 is 0 Å². The van der Waals surface area contributed by atoms with Crippen molar-refractivity contribution in [2.75, 3.05) is 7.05 Å². The first kappa shape index (κ1) is 12.4. The molecule has 1 aromatic heterocycles. The molecule has 0 aliphatic carbocycles. The van der Waals surface area contributed by atoms with Crippen molar-refractivity contribution >= 4 is 0 Å². The molecule has 0 aliphatic rings. The molecular formula is C13H12F2N2O. The number of hydrogen-bond donors (Lipinski definition) is 1. The van der Waals surface area contributed by atoms with Crippen molar-refractivity contribution in [1.82, 2.24) is 10.3 Å². The fraction of sp³-hybridized carbons (Fsp3) is 0.154. The van der Waals surface area contributed by atoms with Crippen LogP contribution in [0, 0.1) is 11.6 Å². The Hall–Kier alpha value is -2.01. The highest BCUT2D eigenvalue weighted by atomic mass is 19.1. The number of ether oxygens (including phenoxy) is 1. The summed E-state index contributed by atoms with van der Waals surface area (Å²) in [6.45, 7) is 0.579. The number of nitrogens with zero attached hydrogens (tertiary/aromatic N) is 1. The zero-order chi connectivity index (χ0) is 13.0. The molecule has 3 nitrogen and oxygen atoms in total. The Balaban J connectivity index is 2.27. The second kappa shape index (κ2) is 5.55. The van der Waals surface area contributed by atoms with Gasteiger partial charge in [0.15, 0.2) is 0 Å². The Bertz CT molecular complexity index is 526. The number of hydrogen-bond acceptors (Lipinski definition) is 3. The van der Waals surface area contributed by atoms with E-state index in [1.807, 2.05) is 0 Å². The van der Waals surface area contributed by atoms with Crippen molar-refractivity contribution in [3.05, 3.63) is 53.9 Å². The molecule has 0 aliphatic heterocycles. The normalized spacial score (nSPS) is 10.4. The molecule has 0 radical (unpaired) electrons. The van der Waals surface area contributed by atoms with Gasteiger partial charge in [-0.25, -0.2) is 8.78 Å². The molecular weight excluding hydrogens is 238 g/mol. The third kappa shape index (κ3) is 3.01. The van der Waals surface area contributed by atoms with Gasteiger partial charge in [0, 0.05) is 36.5 Å². The van der Waals surface area contributed by atoms with Crippen LogP contribution in [0.5, 0.6) is 11.5 Å². The van der Waals surface area contributed by atoms with E-state index in [2.05, 4.69) is 10.3 Å². The van der Waals surface area contributed by atoms with Gasteiger partial charge in [0.05, 0.1) is 6.20 Å². The van der Waals surface area contributed by atoms with Crippen molar-refractivity contribution in [2.24, 2.45) is 0 Å². The van der Waals surface area contributed by atoms with Crippen LogP contribution in [0.15, 0.2) is 36.7 Å². The molecule has 2 aromatic rings. The number of pyridine rings is 1. The zero-order valence-electron chi connectivity index (χ0n) is 9.78. The smallest absolute Gasteiger partial charge is 0.150 e. The molecule has 0 spiro atoms. The summed E-state index contributed by atoms with van der Waals surface area (Å²) in [5, 5.41) is 2.98. The van der Waals surface area contributed by atoms with Gasteiger partial charge in [-0.05, 0) is 13.1 Å². The molecule has 1 aromatic carbocycles. The standard InChI is InChI=1S/C13H12F2N2O/c1-16-7-9-2-3-17-8-13(9)18-12-5-10(14)4-11(15)6-12/h2-6,8,16H,7H2,1H3. The van der Waals surface area contributed by atoms with Crippen LogP contribution >= 0.6 is 0 Å². The first-order chi connectivity index (χ1) is 8.69. The SMILES string of the molecule is CNCc1ccncc1Oc1cc(F)cc(F)c1. The maximum atomic E-state index is 13.0. The minimum atomic E-state index is -0.677. The third-order valence-corrected chi connectivity index (χ3v) is 2.30. The summed E-state index contributed by atoms with van der Waals surface area (Å²) in [6.07, 6.45) is 3.14. The minimum Gasteiger partial charge on any atom is -0.455 e. The summed E-state index contributed by atoms with van der Waals surface area (Å²) in [5.74, 6) is -0.775. The molecule has 94 valence electrons. The largest absolute Gasteiger partial charge is 0.455 e. The second-order valence-corrected chi connectivity index (χ2v) is 3.72. The summed E-state index contributed by atoms with van der Waals surface area (Å²) in [4.78, 5) is 3.93. The van der Waals surface area contributed by atoms with Crippen molar-refractivity contribution in [1.29, 1.82) is 0 Å². The highest BCUT2D eigenvalue weighted by Gasteiger charge is 2.06. The maximum absolute atomic E-state index is 13.0. The quantitative estimate of drug-likeness (QED) is 0.906. The van der Waals surface area contributed by atoms with Gasteiger partial charge in [0.25, 0.3) is 0 Å². The summed E-state index contributed by atoms with van der Waals surface area (Å²) in [7, 11) is 1.80. The topological polar surface area (TPSA) is 34.2 Å². The van der Waals surface area contributed by atoms with Gasteiger partial charge in [-0.15, -0.1) is 0 Å². The van der Waals surface area contributed by atoms with Crippen LogP contribution in [0.3, 0.4) is 0 Å². The molecule has 1 heterocycles. The van der Waals surface area contributed by atoms with E-state index in [9.17, 15) is 8.78 Å². The maximum Gasteiger partial charge on any atom is 0.150 e. The molecule has 2 rings (SSSR count). The monoisotopic (exact) mass is 250 g/mol. The van der Waals surface area contributed by atoms with Crippen LogP contribution in [0.1, 0.15) is 5.56 Å². The predicted octanol–water partition coefficient (Wildman–Crippen LogP) is 2.87. The van der Waals surface area contributed by atoms with E-state index < -0.39 is 11.6 Å². The van der Waals surface area contributed by atoms with Gasteiger partial charge in [-0.2, -0.15) is 0 Å². The Labute approximate surface area is 103 Å². The number of aromatic nitrogens is 1. The van der Waals surface area contributed by atoms with Crippen LogP contribution in [-0.2, 0) is 6.54 Å². The van der Waals surface area contributed by atoms with Gasteiger partial charge in [-0.3, -0.25) is 4.98 Å². The van der Waals surface area contributed by atoms with E-state index in [4.69, 9.17) is 4.74 Å². The Morgan fingerprint density at radius 3 is 2.61 bits per heavy atom. The lowest BCUT2D eigenvalue weighted by Crippen LogP contribution is -2.06. The summed E-state index contributed by atoms with van der Waals surface area (Å²) in [5.41, 5.74) is 0.858. The second-order valence-electron chi connectivity index (χ2n) is 3.72. The number of halogens is 2. The lowest BCUT2D eigenvalue weighted by molar-refractivity contribution is 0.459. The predicted molar refractivity (Wildman–Crippen MR) is 63.4 cm³/mol. The Morgan fingerprint density at radius 2 is 1.94 bits per heavy atom. The van der Waals surface area contributed by atoms with Gasteiger partial charge in [0.1, 0.15) is 23.1 Å². The molecule has 0 fully saturated rings. The third-order valence-electron chi connectivity index (χ3n) is 2.30. The van der Waals surface area contributed by atoms with Gasteiger partial charge in [0.2, 0.25) is 0 Å². The van der Waals surface area contributed by atoms with Crippen LogP contribution < -0.4 is 10.1 Å². The fourth-order valence-corrected chi connectivity index (χ4v) is 1.55. The van der Waals surface area contributed by atoms with E-state index in [1.165, 1.54) is 6.20 Å². The Kier molecular flexibility index (Phi) is 3.84. The summed E-state index contributed by atoms with van der Waals surface area (Å²) in [6, 6.07) is 4.82. The molecule has 0 unspecified atom stereocenters. The van der Waals surface area contributed by atoms with Crippen LogP contribution in [-0.4, -0.2) is 12.0 Å². The lowest BCUT2D eigenvalue weighted by atomic mass is 10.2. The molecule has 18 heavy (non-hydrogen) atoms. The van der Waals surface area contributed by atoms with Crippen molar-refractivity contribution < 1.29 is 13.5 Å². The molecule has 0 saturated heterocycles.